The molecule has 0 heterocycles. The predicted molar refractivity (Wildman–Crippen MR) is 30.4 cm³/mol. The third-order valence-electron chi connectivity index (χ3n) is 0.683. The van der Waals surface area contributed by atoms with Crippen molar-refractivity contribution in [3.8, 4) is 0 Å². The van der Waals surface area contributed by atoms with Gasteiger partial charge in [0.05, 0.1) is 6.61 Å². The Kier molecular flexibility index (Phi) is 3.74. The van der Waals surface area contributed by atoms with Gasteiger partial charge >= 0.3 is 6.09 Å². The van der Waals surface area contributed by atoms with Crippen LogP contribution in [0.25, 0.3) is 0 Å². The highest BCUT2D eigenvalue weighted by Crippen LogP contribution is 1.86. The van der Waals surface area contributed by atoms with Crippen molar-refractivity contribution in [1.82, 2.24) is 5.43 Å². The van der Waals surface area contributed by atoms with E-state index in [9.17, 15) is 4.79 Å². The van der Waals surface area contributed by atoms with E-state index in [1.54, 1.807) is 12.3 Å². The molecular weight excluding hydrogens is 124 g/mol. The second kappa shape index (κ2) is 4.11. The van der Waals surface area contributed by atoms with E-state index in [1.807, 2.05) is 0 Å². The molecule has 0 aromatic carbocycles. The third kappa shape index (κ3) is 3.75. The van der Waals surface area contributed by atoms with Gasteiger partial charge in [-0.2, -0.15) is 0 Å². The summed E-state index contributed by atoms with van der Waals surface area (Å²) in [5.74, 6) is 4.67. The van der Waals surface area contributed by atoms with Crippen molar-refractivity contribution in [3.05, 3.63) is 0 Å². The Balaban J connectivity index is 3.34. The van der Waals surface area contributed by atoms with Crippen LogP contribution in [-0.2, 0) is 4.74 Å². The summed E-state index contributed by atoms with van der Waals surface area (Å²) in [5.41, 5.74) is 1.76. The number of hydrogen-bond donors (Lipinski definition) is 3. The third-order valence-corrected chi connectivity index (χ3v) is 0.683. The van der Waals surface area contributed by atoms with Gasteiger partial charge in [0.2, 0.25) is 0 Å². The van der Waals surface area contributed by atoms with Crippen molar-refractivity contribution in [2.24, 2.45) is 5.84 Å². The summed E-state index contributed by atoms with van der Waals surface area (Å²) in [6.07, 6.45) is -1.25. The summed E-state index contributed by atoms with van der Waals surface area (Å²) in [7, 11) is 0. The first-order valence-electron chi connectivity index (χ1n) is 2.48. The minimum atomic E-state index is -0.739. The van der Waals surface area contributed by atoms with E-state index in [0.717, 1.165) is 0 Å². The lowest BCUT2D eigenvalue weighted by Gasteiger charge is -2.07. The highest BCUT2D eigenvalue weighted by molar-refractivity contribution is 5.66. The van der Waals surface area contributed by atoms with E-state index < -0.39 is 12.2 Å². The molecule has 0 aliphatic carbocycles. The fourth-order valence-corrected chi connectivity index (χ4v) is 0.254. The van der Waals surface area contributed by atoms with E-state index >= 15 is 0 Å². The van der Waals surface area contributed by atoms with E-state index in [-0.39, 0.29) is 6.61 Å². The van der Waals surface area contributed by atoms with Crippen LogP contribution in [0.1, 0.15) is 6.92 Å². The number of carbonyl (C=O) groups excluding carboxylic acids is 1. The van der Waals surface area contributed by atoms with Crippen molar-refractivity contribution in [1.29, 1.82) is 0 Å². The molecule has 0 aromatic rings. The molecule has 0 rings (SSSR count). The maximum Gasteiger partial charge on any atom is 0.421 e. The first kappa shape index (κ1) is 8.19. The van der Waals surface area contributed by atoms with Crippen molar-refractivity contribution in [3.63, 3.8) is 0 Å². The molecule has 0 unspecified atom stereocenters. The van der Waals surface area contributed by atoms with E-state index in [4.69, 9.17) is 5.11 Å². The molecule has 1 amide bonds. The molecule has 0 radical (unpaired) electrons. The summed E-state index contributed by atoms with van der Waals surface area (Å²) in [6, 6.07) is 0. The average Bonchev–Trinajstić information content (AvgIpc) is 1.87. The zero-order valence-corrected chi connectivity index (χ0v) is 5.13. The van der Waals surface area contributed by atoms with Crippen LogP contribution in [0, 0.1) is 0 Å². The Morgan fingerprint density at radius 3 is 2.89 bits per heavy atom. The molecule has 1 atom stereocenters. The fraction of sp³-hybridized carbons (Fsp3) is 0.750. The smallest absolute Gasteiger partial charge is 0.421 e. The van der Waals surface area contributed by atoms with Gasteiger partial charge in [-0.15, -0.1) is 0 Å². The average molecular weight is 134 g/mol. The van der Waals surface area contributed by atoms with Crippen LogP contribution in [-0.4, -0.2) is 23.9 Å². The van der Waals surface area contributed by atoms with Gasteiger partial charge < -0.3 is 9.84 Å². The normalized spacial score (nSPS) is 12.3. The predicted octanol–water partition coefficient (Wildman–Crippen LogP) is -1.03. The topological polar surface area (TPSA) is 84.6 Å². The van der Waals surface area contributed by atoms with Crippen LogP contribution in [0.2, 0.25) is 0 Å². The SMILES string of the molecule is C[C@H](CO)OC(=O)NN. The molecule has 0 spiro atoms. The van der Waals surface area contributed by atoms with Crippen LogP contribution < -0.4 is 11.3 Å². The Morgan fingerprint density at radius 1 is 2.00 bits per heavy atom. The second-order valence-corrected chi connectivity index (χ2v) is 1.54. The fourth-order valence-electron chi connectivity index (χ4n) is 0.254. The van der Waals surface area contributed by atoms with Crippen molar-refractivity contribution < 1.29 is 14.6 Å². The van der Waals surface area contributed by atoms with E-state index in [1.165, 1.54) is 0 Å². The maximum absolute atomic E-state index is 10.2. The van der Waals surface area contributed by atoms with E-state index in [0.29, 0.717) is 0 Å². The number of hydrazine groups is 1. The zero-order chi connectivity index (χ0) is 7.28. The van der Waals surface area contributed by atoms with Crippen LogP contribution in [0.4, 0.5) is 4.79 Å². The summed E-state index contributed by atoms with van der Waals surface area (Å²) in [6.45, 7) is 1.35. The number of hydrogen-bond acceptors (Lipinski definition) is 4. The van der Waals surface area contributed by atoms with Gasteiger partial charge in [-0.25, -0.2) is 10.6 Å². The summed E-state index contributed by atoms with van der Waals surface area (Å²) >= 11 is 0. The number of amides is 1. The number of carbonyl (C=O) groups is 1. The molecule has 0 saturated heterocycles. The van der Waals surface area contributed by atoms with Gasteiger partial charge in [-0.05, 0) is 6.92 Å². The highest BCUT2D eigenvalue weighted by Gasteiger charge is 2.04. The van der Waals surface area contributed by atoms with Crippen LogP contribution in [0.3, 0.4) is 0 Å². The van der Waals surface area contributed by atoms with E-state index in [2.05, 4.69) is 10.6 Å². The molecule has 0 aromatic heterocycles. The van der Waals surface area contributed by atoms with Gasteiger partial charge in [0.1, 0.15) is 6.10 Å². The standard InChI is InChI=1S/C4H10N2O3/c1-3(2-7)9-4(8)6-5/h3,7H,2,5H2,1H3,(H,6,8)/t3-/m1/s1. The zero-order valence-electron chi connectivity index (χ0n) is 5.13. The molecule has 0 fully saturated rings. The molecule has 5 nitrogen and oxygen atoms in total. The van der Waals surface area contributed by atoms with Gasteiger partial charge in [0.25, 0.3) is 0 Å². The summed E-state index contributed by atoms with van der Waals surface area (Å²) in [5, 5.41) is 8.33. The van der Waals surface area contributed by atoms with Gasteiger partial charge in [0.15, 0.2) is 0 Å². The van der Waals surface area contributed by atoms with Crippen LogP contribution in [0.15, 0.2) is 0 Å². The monoisotopic (exact) mass is 134 g/mol. The molecule has 4 N–H and O–H groups in total. The summed E-state index contributed by atoms with van der Waals surface area (Å²) in [4.78, 5) is 10.2. The lowest BCUT2D eigenvalue weighted by atomic mass is 10.4. The number of rotatable bonds is 2. The van der Waals surface area contributed by atoms with Crippen molar-refractivity contribution in [2.45, 2.75) is 13.0 Å². The largest absolute Gasteiger partial charge is 0.443 e. The lowest BCUT2D eigenvalue weighted by molar-refractivity contribution is 0.0681. The molecular formula is C4H10N2O3. The minimum absolute atomic E-state index is 0.201. The Bertz CT molecular complexity index is 95.8. The molecule has 9 heavy (non-hydrogen) atoms. The van der Waals surface area contributed by atoms with Gasteiger partial charge in [0, 0.05) is 0 Å². The number of ether oxygens (including phenoxy) is 1. The van der Waals surface area contributed by atoms with Crippen molar-refractivity contribution >= 4 is 6.09 Å². The number of aliphatic hydroxyl groups excluding tert-OH is 1. The quantitative estimate of drug-likeness (QED) is 0.256. The number of nitrogens with two attached hydrogens (primary N) is 1. The molecule has 54 valence electrons. The Hall–Kier alpha value is -0.810. The first-order valence-corrected chi connectivity index (χ1v) is 2.48. The molecule has 0 aliphatic rings. The van der Waals surface area contributed by atoms with Gasteiger partial charge in [-0.1, -0.05) is 0 Å². The Morgan fingerprint density at radius 2 is 2.56 bits per heavy atom. The van der Waals surface area contributed by atoms with Gasteiger partial charge in [-0.3, -0.25) is 5.43 Å². The molecule has 5 heteroatoms. The second-order valence-electron chi connectivity index (χ2n) is 1.54. The minimum Gasteiger partial charge on any atom is -0.443 e. The molecule has 0 saturated carbocycles. The Labute approximate surface area is 52.8 Å². The van der Waals surface area contributed by atoms with Crippen LogP contribution in [0.5, 0.6) is 0 Å². The van der Waals surface area contributed by atoms with Crippen LogP contribution >= 0.6 is 0 Å². The molecule has 0 aliphatic heterocycles. The molecule has 0 bridgehead atoms. The number of aliphatic hydroxyl groups is 1. The number of nitrogens with one attached hydrogen (secondary N) is 1. The maximum atomic E-state index is 10.2. The first-order chi connectivity index (χ1) is 4.20. The summed E-state index contributed by atoms with van der Waals surface area (Å²) < 4.78 is 4.42. The lowest BCUT2D eigenvalue weighted by Crippen LogP contribution is -2.34. The van der Waals surface area contributed by atoms with Crippen molar-refractivity contribution in [2.75, 3.05) is 6.61 Å². The highest BCUT2D eigenvalue weighted by atomic mass is 16.6.